The zero-order valence-corrected chi connectivity index (χ0v) is 14.2. The van der Waals surface area contributed by atoms with Crippen molar-refractivity contribution in [3.63, 3.8) is 0 Å². The summed E-state index contributed by atoms with van der Waals surface area (Å²) in [7, 11) is 0. The van der Waals surface area contributed by atoms with Gasteiger partial charge in [0.25, 0.3) is 11.6 Å². The SMILES string of the molecule is C[C@@H](OC(=O)c1ccc(Br)c([N+](=O)[O-])c1)C(=O)NC1CCCC1. The molecule has 8 heteroatoms. The summed E-state index contributed by atoms with van der Waals surface area (Å²) in [5.74, 6) is -1.12. The molecule has 1 N–H and O–H groups in total. The number of esters is 1. The third-order valence-corrected chi connectivity index (χ3v) is 4.40. The summed E-state index contributed by atoms with van der Waals surface area (Å²) < 4.78 is 5.36. The van der Waals surface area contributed by atoms with Crippen LogP contribution >= 0.6 is 15.9 Å². The molecule has 2 rings (SSSR count). The highest BCUT2D eigenvalue weighted by Gasteiger charge is 2.24. The van der Waals surface area contributed by atoms with E-state index in [1.807, 2.05) is 0 Å². The summed E-state index contributed by atoms with van der Waals surface area (Å²) in [4.78, 5) is 34.3. The van der Waals surface area contributed by atoms with Crippen molar-refractivity contribution in [1.29, 1.82) is 0 Å². The van der Waals surface area contributed by atoms with Crippen molar-refractivity contribution in [1.82, 2.24) is 5.32 Å². The molecule has 0 aromatic heterocycles. The van der Waals surface area contributed by atoms with Gasteiger partial charge in [-0.15, -0.1) is 0 Å². The minimum absolute atomic E-state index is 0.0282. The molecule has 0 radical (unpaired) electrons. The van der Waals surface area contributed by atoms with Crippen LogP contribution < -0.4 is 5.32 Å². The number of hydrogen-bond acceptors (Lipinski definition) is 5. The molecule has 0 aliphatic heterocycles. The van der Waals surface area contributed by atoms with Gasteiger partial charge in [-0.3, -0.25) is 14.9 Å². The molecule has 0 heterocycles. The van der Waals surface area contributed by atoms with Crippen LogP contribution in [0, 0.1) is 10.1 Å². The van der Waals surface area contributed by atoms with E-state index >= 15 is 0 Å². The second kappa shape index (κ2) is 7.54. The smallest absolute Gasteiger partial charge is 0.339 e. The molecule has 1 aliphatic carbocycles. The van der Waals surface area contributed by atoms with Crippen LogP contribution in [0.15, 0.2) is 22.7 Å². The van der Waals surface area contributed by atoms with Gasteiger partial charge in [0, 0.05) is 12.1 Å². The van der Waals surface area contributed by atoms with E-state index in [-0.39, 0.29) is 27.7 Å². The van der Waals surface area contributed by atoms with Crippen molar-refractivity contribution < 1.29 is 19.2 Å². The van der Waals surface area contributed by atoms with Gasteiger partial charge in [0.1, 0.15) is 0 Å². The molecule has 1 aliphatic rings. The Balaban J connectivity index is 1.99. The molecule has 1 amide bonds. The number of carbonyl (C=O) groups excluding carboxylic acids is 2. The molecule has 1 aromatic carbocycles. The number of rotatable bonds is 5. The number of nitrogens with one attached hydrogen (secondary N) is 1. The highest BCUT2D eigenvalue weighted by Crippen LogP contribution is 2.26. The van der Waals surface area contributed by atoms with Gasteiger partial charge in [-0.05, 0) is 47.8 Å². The standard InChI is InChI=1S/C15H17BrN2O5/c1-9(14(19)17-11-4-2-3-5-11)23-15(20)10-6-7-12(16)13(8-10)18(21)22/h6-9,11H,2-5H2,1H3,(H,17,19)/t9-/m1/s1. The van der Waals surface area contributed by atoms with Gasteiger partial charge in [-0.25, -0.2) is 4.79 Å². The first-order chi connectivity index (χ1) is 10.9. The zero-order chi connectivity index (χ0) is 17.0. The average Bonchev–Trinajstić information content (AvgIpc) is 3.00. The Kier molecular flexibility index (Phi) is 5.70. The molecule has 0 unspecified atom stereocenters. The molecule has 124 valence electrons. The number of hydrogen-bond donors (Lipinski definition) is 1. The first kappa shape index (κ1) is 17.4. The Morgan fingerprint density at radius 3 is 2.65 bits per heavy atom. The molecule has 0 bridgehead atoms. The molecule has 0 saturated heterocycles. The topological polar surface area (TPSA) is 98.5 Å². The van der Waals surface area contributed by atoms with E-state index in [1.54, 1.807) is 0 Å². The lowest BCUT2D eigenvalue weighted by Crippen LogP contribution is -2.40. The molecule has 1 atom stereocenters. The van der Waals surface area contributed by atoms with Crippen molar-refractivity contribution in [3.05, 3.63) is 38.3 Å². The van der Waals surface area contributed by atoms with Gasteiger partial charge in [-0.2, -0.15) is 0 Å². The summed E-state index contributed by atoms with van der Waals surface area (Å²) in [5.41, 5.74) is -0.206. The Morgan fingerprint density at radius 1 is 1.39 bits per heavy atom. The normalized spacial score (nSPS) is 15.9. The lowest BCUT2D eigenvalue weighted by molar-refractivity contribution is -0.385. The predicted octanol–water partition coefficient (Wildman–Crippen LogP) is 2.96. The van der Waals surface area contributed by atoms with E-state index < -0.39 is 17.0 Å². The number of amides is 1. The van der Waals surface area contributed by atoms with E-state index in [2.05, 4.69) is 21.2 Å². The van der Waals surface area contributed by atoms with Crippen LogP contribution in [0.25, 0.3) is 0 Å². The van der Waals surface area contributed by atoms with E-state index in [0.29, 0.717) is 0 Å². The van der Waals surface area contributed by atoms with Crippen molar-refractivity contribution in [2.75, 3.05) is 0 Å². The highest BCUT2D eigenvalue weighted by molar-refractivity contribution is 9.10. The third-order valence-electron chi connectivity index (χ3n) is 3.73. The lowest BCUT2D eigenvalue weighted by Gasteiger charge is -2.17. The summed E-state index contributed by atoms with van der Waals surface area (Å²) >= 11 is 3.05. The zero-order valence-electron chi connectivity index (χ0n) is 12.6. The lowest BCUT2D eigenvalue weighted by atomic mass is 10.2. The summed E-state index contributed by atoms with van der Waals surface area (Å²) in [6.07, 6.45) is 3.09. The van der Waals surface area contributed by atoms with E-state index in [4.69, 9.17) is 4.74 Å². The summed E-state index contributed by atoms with van der Waals surface area (Å²) in [6.45, 7) is 1.48. The van der Waals surface area contributed by atoms with Gasteiger partial charge in [-0.1, -0.05) is 12.8 Å². The molecule has 23 heavy (non-hydrogen) atoms. The monoisotopic (exact) mass is 384 g/mol. The van der Waals surface area contributed by atoms with Crippen LogP contribution in [0.3, 0.4) is 0 Å². The van der Waals surface area contributed by atoms with Gasteiger partial charge in [0.05, 0.1) is 15.0 Å². The molecule has 1 saturated carbocycles. The fraction of sp³-hybridized carbons (Fsp3) is 0.467. The van der Waals surface area contributed by atoms with Crippen molar-refractivity contribution >= 4 is 33.5 Å². The first-order valence-corrected chi connectivity index (χ1v) is 8.13. The van der Waals surface area contributed by atoms with Gasteiger partial charge < -0.3 is 10.1 Å². The molecular formula is C15H17BrN2O5. The van der Waals surface area contributed by atoms with Gasteiger partial charge in [0.15, 0.2) is 6.10 Å². The molecule has 0 spiro atoms. The summed E-state index contributed by atoms with van der Waals surface area (Å²) in [5, 5.41) is 13.7. The predicted molar refractivity (Wildman–Crippen MR) is 86.1 cm³/mol. The molecular weight excluding hydrogens is 368 g/mol. The highest BCUT2D eigenvalue weighted by atomic mass is 79.9. The quantitative estimate of drug-likeness (QED) is 0.477. The first-order valence-electron chi connectivity index (χ1n) is 7.34. The number of halogens is 1. The van der Waals surface area contributed by atoms with Gasteiger partial charge in [0.2, 0.25) is 0 Å². The fourth-order valence-corrected chi connectivity index (χ4v) is 2.84. The second-order valence-electron chi connectivity index (χ2n) is 5.46. The maximum Gasteiger partial charge on any atom is 0.339 e. The van der Waals surface area contributed by atoms with E-state index in [1.165, 1.54) is 19.1 Å². The molecule has 1 aromatic rings. The second-order valence-corrected chi connectivity index (χ2v) is 6.32. The number of nitrogens with zero attached hydrogens (tertiary/aromatic N) is 1. The largest absolute Gasteiger partial charge is 0.449 e. The molecule has 1 fully saturated rings. The fourth-order valence-electron chi connectivity index (χ4n) is 2.45. The Hall–Kier alpha value is -1.96. The van der Waals surface area contributed by atoms with Crippen molar-refractivity contribution in [2.45, 2.75) is 44.8 Å². The maximum atomic E-state index is 12.0. The number of carbonyl (C=O) groups is 2. The average molecular weight is 385 g/mol. The van der Waals surface area contributed by atoms with Crippen LogP contribution in [0.4, 0.5) is 5.69 Å². The Labute approximate surface area is 141 Å². The summed E-state index contributed by atoms with van der Waals surface area (Å²) in [6, 6.07) is 4.06. The van der Waals surface area contributed by atoms with Crippen molar-refractivity contribution in [3.8, 4) is 0 Å². The minimum Gasteiger partial charge on any atom is -0.449 e. The van der Waals surface area contributed by atoms with Gasteiger partial charge >= 0.3 is 5.97 Å². The number of ether oxygens (including phenoxy) is 1. The molecule has 7 nitrogen and oxygen atoms in total. The Morgan fingerprint density at radius 2 is 2.04 bits per heavy atom. The maximum absolute atomic E-state index is 12.0. The van der Waals surface area contributed by atoms with E-state index in [9.17, 15) is 19.7 Å². The number of benzene rings is 1. The number of nitro groups is 1. The van der Waals surface area contributed by atoms with Crippen LogP contribution in [0.2, 0.25) is 0 Å². The number of nitro benzene ring substituents is 1. The minimum atomic E-state index is -0.953. The third kappa shape index (κ3) is 4.51. The van der Waals surface area contributed by atoms with Crippen LogP contribution in [0.1, 0.15) is 43.0 Å². The van der Waals surface area contributed by atoms with Crippen LogP contribution in [0.5, 0.6) is 0 Å². The van der Waals surface area contributed by atoms with E-state index in [0.717, 1.165) is 31.7 Å². The van der Waals surface area contributed by atoms with Crippen LogP contribution in [-0.2, 0) is 9.53 Å². The van der Waals surface area contributed by atoms with Crippen LogP contribution in [-0.4, -0.2) is 28.9 Å². The Bertz CT molecular complexity index is 628. The van der Waals surface area contributed by atoms with Crippen molar-refractivity contribution in [2.24, 2.45) is 0 Å².